The highest BCUT2D eigenvalue weighted by Gasteiger charge is 2.28. The topological polar surface area (TPSA) is 217 Å². The summed E-state index contributed by atoms with van der Waals surface area (Å²) in [5.41, 5.74) is -3.60. The van der Waals surface area contributed by atoms with Gasteiger partial charge in [0.25, 0.3) is 0 Å². The van der Waals surface area contributed by atoms with E-state index in [0.717, 1.165) is 13.2 Å². The van der Waals surface area contributed by atoms with Crippen LogP contribution in [-0.2, 0) is 20.8 Å². The van der Waals surface area contributed by atoms with E-state index in [1.165, 1.54) is 0 Å². The van der Waals surface area contributed by atoms with Crippen molar-refractivity contribution < 1.29 is 53.0 Å². The Morgan fingerprint density at radius 1 is 0.806 bits per heavy atom. The molecule has 4 rings (SSSR count). The van der Waals surface area contributed by atoms with Gasteiger partial charge in [-0.1, -0.05) is 0 Å². The molecule has 2 heterocycles. The van der Waals surface area contributed by atoms with Crippen LogP contribution in [0.25, 0.3) is 32.7 Å². The molecule has 16 heteroatoms. The van der Waals surface area contributed by atoms with Crippen LogP contribution in [0, 0.1) is 0 Å². The molecule has 0 saturated heterocycles. The first-order valence-electron chi connectivity index (χ1n) is 7.74. The number of methoxy groups -OCH3 is 1. The molecular formula is C15H8O14S2. The highest BCUT2D eigenvalue weighted by atomic mass is 32.3. The van der Waals surface area contributed by atoms with Gasteiger partial charge in [0.05, 0.1) is 17.9 Å². The zero-order valence-electron chi connectivity index (χ0n) is 14.8. The van der Waals surface area contributed by atoms with Gasteiger partial charge in [-0.05, 0) is 0 Å². The Hall–Kier alpha value is -3.60. The Morgan fingerprint density at radius 2 is 1.26 bits per heavy atom. The first-order chi connectivity index (χ1) is 14.3. The summed E-state index contributed by atoms with van der Waals surface area (Å²) >= 11 is 0. The van der Waals surface area contributed by atoms with Gasteiger partial charge in [-0.25, -0.2) is 9.59 Å². The quantitative estimate of drug-likeness (QED) is 0.204. The summed E-state index contributed by atoms with van der Waals surface area (Å²) in [7, 11) is -9.16. The van der Waals surface area contributed by atoms with Crippen molar-refractivity contribution in [3.05, 3.63) is 33.0 Å². The Kier molecular flexibility index (Phi) is 4.30. The molecular weight excluding hydrogens is 468 g/mol. The van der Waals surface area contributed by atoms with Crippen molar-refractivity contribution in [2.75, 3.05) is 7.11 Å². The number of phenolic OH excluding ortho intramolecular Hbond substituents is 1. The van der Waals surface area contributed by atoms with E-state index in [9.17, 15) is 31.5 Å². The molecule has 0 saturated carbocycles. The fraction of sp³-hybridized carbons (Fsp3) is 0.0667. The van der Waals surface area contributed by atoms with Crippen LogP contribution in [0.15, 0.2) is 30.6 Å². The Bertz CT molecular complexity index is 1710. The average molecular weight is 476 g/mol. The van der Waals surface area contributed by atoms with Crippen LogP contribution >= 0.6 is 0 Å². The standard InChI is InChI=1S/C15H8O14S2/c1-25-11-7(29-31(22,23)24)3-5-9-8-4(15(18)27-13(9)11)2-6(28-30(19,20)21)10(16)12(8)26-14(5)17/h2-3,16H,1H3,(H,19,20,21)(H,22,23,24). The molecule has 0 fully saturated rings. The smallest absolute Gasteiger partial charge is 0.446 e. The molecule has 164 valence electrons. The molecule has 0 atom stereocenters. The minimum atomic E-state index is -5.13. The minimum absolute atomic E-state index is 0.186. The maximum absolute atomic E-state index is 12.5. The molecule has 14 nitrogen and oxygen atoms in total. The van der Waals surface area contributed by atoms with Crippen molar-refractivity contribution in [2.45, 2.75) is 0 Å². The van der Waals surface area contributed by atoms with Gasteiger partial charge in [-0.3, -0.25) is 9.11 Å². The lowest BCUT2D eigenvalue weighted by Crippen LogP contribution is -2.12. The Balaban J connectivity index is 2.26. The lowest BCUT2D eigenvalue weighted by Gasteiger charge is -2.14. The number of ether oxygens (including phenoxy) is 1. The number of hydrogen-bond acceptors (Lipinski definition) is 12. The monoisotopic (exact) mass is 476 g/mol. The normalized spacial score (nSPS) is 12.6. The number of benzene rings is 2. The largest absolute Gasteiger partial charge is 0.502 e. The highest BCUT2D eigenvalue weighted by Crippen LogP contribution is 2.45. The van der Waals surface area contributed by atoms with E-state index in [1.54, 1.807) is 0 Å². The van der Waals surface area contributed by atoms with E-state index in [0.29, 0.717) is 6.07 Å². The van der Waals surface area contributed by atoms with Gasteiger partial charge in [-0.2, -0.15) is 16.8 Å². The van der Waals surface area contributed by atoms with Crippen LogP contribution < -0.4 is 24.4 Å². The van der Waals surface area contributed by atoms with Crippen molar-refractivity contribution >= 4 is 53.5 Å². The summed E-state index contributed by atoms with van der Waals surface area (Å²) < 4.78 is 85.7. The number of aromatic hydroxyl groups is 1. The second-order valence-corrected chi connectivity index (χ2v) is 7.98. The van der Waals surface area contributed by atoms with Crippen molar-refractivity contribution in [1.29, 1.82) is 0 Å². The van der Waals surface area contributed by atoms with Crippen LogP contribution in [0.1, 0.15) is 0 Å². The fourth-order valence-corrected chi connectivity index (χ4v) is 3.80. The number of hydrogen-bond donors (Lipinski definition) is 3. The van der Waals surface area contributed by atoms with Crippen LogP contribution in [0.4, 0.5) is 0 Å². The molecule has 0 unspecified atom stereocenters. The summed E-state index contributed by atoms with van der Waals surface area (Å²) in [6.45, 7) is 0. The van der Waals surface area contributed by atoms with Gasteiger partial charge in [0.2, 0.25) is 11.5 Å². The van der Waals surface area contributed by atoms with E-state index in [-0.39, 0.29) is 10.8 Å². The molecule has 0 bridgehead atoms. The van der Waals surface area contributed by atoms with Crippen LogP contribution in [0.3, 0.4) is 0 Å². The first kappa shape index (κ1) is 20.7. The number of rotatable bonds is 5. The van der Waals surface area contributed by atoms with Gasteiger partial charge >= 0.3 is 32.0 Å². The molecule has 2 aromatic carbocycles. The van der Waals surface area contributed by atoms with Crippen molar-refractivity contribution in [1.82, 2.24) is 0 Å². The summed E-state index contributed by atoms with van der Waals surface area (Å²) in [4.78, 5) is 25.0. The van der Waals surface area contributed by atoms with Gasteiger partial charge in [0, 0.05) is 22.9 Å². The molecule has 31 heavy (non-hydrogen) atoms. The van der Waals surface area contributed by atoms with E-state index >= 15 is 0 Å². The molecule has 0 spiro atoms. The SMILES string of the molecule is COc1c(OS(=O)(=O)O)cc2c(=O)oc3c(O)c(OS(=O)(=O)O)cc4c(=O)oc1c2c34. The highest BCUT2D eigenvalue weighted by molar-refractivity contribution is 7.81. The zero-order chi connectivity index (χ0) is 22.9. The van der Waals surface area contributed by atoms with Gasteiger partial charge < -0.3 is 27.0 Å². The molecule has 0 radical (unpaired) electrons. The average Bonchev–Trinajstić information content (AvgIpc) is 2.61. The molecule has 3 N–H and O–H groups in total. The van der Waals surface area contributed by atoms with Crippen LogP contribution in [0.2, 0.25) is 0 Å². The minimum Gasteiger partial charge on any atom is -0.502 e. The van der Waals surface area contributed by atoms with Crippen molar-refractivity contribution in [3.63, 3.8) is 0 Å². The third kappa shape index (κ3) is 3.36. The van der Waals surface area contributed by atoms with Crippen LogP contribution in [0.5, 0.6) is 23.0 Å². The first-order valence-corrected chi connectivity index (χ1v) is 10.5. The lowest BCUT2D eigenvalue weighted by molar-refractivity contribution is 0.358. The summed E-state index contributed by atoms with van der Waals surface area (Å²) in [6.07, 6.45) is 0. The summed E-state index contributed by atoms with van der Waals surface area (Å²) in [6, 6.07) is 1.53. The summed E-state index contributed by atoms with van der Waals surface area (Å²) in [5.74, 6) is -3.21. The van der Waals surface area contributed by atoms with Gasteiger partial charge in [0.1, 0.15) is 0 Å². The second-order valence-electron chi connectivity index (χ2n) is 5.94. The fourth-order valence-electron chi connectivity index (χ4n) is 3.10. The second kappa shape index (κ2) is 6.45. The van der Waals surface area contributed by atoms with Gasteiger partial charge in [0.15, 0.2) is 22.7 Å². The molecule has 2 aromatic heterocycles. The van der Waals surface area contributed by atoms with Gasteiger partial charge in [-0.15, -0.1) is 0 Å². The molecule has 0 aliphatic heterocycles. The lowest BCUT2D eigenvalue weighted by atomic mass is 10.0. The summed E-state index contributed by atoms with van der Waals surface area (Å²) in [5, 5.41) is 9.04. The predicted octanol–water partition coefficient (Wildman–Crippen LogP) is 0.568. The van der Waals surface area contributed by atoms with Crippen molar-refractivity contribution in [3.8, 4) is 23.0 Å². The zero-order valence-corrected chi connectivity index (χ0v) is 16.4. The van der Waals surface area contributed by atoms with Crippen molar-refractivity contribution in [2.24, 2.45) is 0 Å². The van der Waals surface area contributed by atoms with E-state index in [1.807, 2.05) is 0 Å². The molecule has 0 amide bonds. The maximum Gasteiger partial charge on any atom is 0.446 e. The van der Waals surface area contributed by atoms with Crippen LogP contribution in [-0.4, -0.2) is 38.2 Å². The third-order valence-electron chi connectivity index (χ3n) is 4.10. The molecule has 0 aliphatic rings. The third-order valence-corrected chi connectivity index (χ3v) is 4.88. The number of phenols is 1. The van der Waals surface area contributed by atoms with E-state index in [4.69, 9.17) is 22.7 Å². The Morgan fingerprint density at radius 3 is 1.77 bits per heavy atom. The maximum atomic E-state index is 12.5. The molecule has 0 aliphatic carbocycles. The van der Waals surface area contributed by atoms with E-state index < -0.39 is 77.0 Å². The predicted molar refractivity (Wildman–Crippen MR) is 99.8 cm³/mol. The van der Waals surface area contributed by atoms with E-state index in [2.05, 4.69) is 8.37 Å². The molecule has 4 aromatic rings. The Labute approximate surface area is 170 Å².